The number of hydrogen-bond donors (Lipinski definition) is 0. The summed E-state index contributed by atoms with van der Waals surface area (Å²) in [6.45, 7) is 0. The van der Waals surface area contributed by atoms with Gasteiger partial charge in [-0.3, -0.25) is 0 Å². The molecule has 59 valence electrons. The van der Waals surface area contributed by atoms with Gasteiger partial charge in [0, 0.05) is 0 Å². The summed E-state index contributed by atoms with van der Waals surface area (Å²) < 4.78 is 0. The van der Waals surface area contributed by atoms with Crippen LogP contribution in [0, 0.1) is 0 Å². The molecule has 0 aliphatic rings. The third-order valence-electron chi connectivity index (χ3n) is 1.28. The summed E-state index contributed by atoms with van der Waals surface area (Å²) in [7, 11) is -1.45. The van der Waals surface area contributed by atoms with Crippen molar-refractivity contribution >= 4 is 41.2 Å². The fraction of sp³-hybridized carbons (Fsp3) is 0.143. The maximum atomic E-state index is 5.92. The Kier molecular flexibility index (Phi) is 3.73. The molecule has 0 aliphatic carbocycles. The van der Waals surface area contributed by atoms with Crippen LogP contribution in [0.2, 0.25) is 0 Å². The lowest BCUT2D eigenvalue weighted by molar-refractivity contribution is 1.34. The van der Waals surface area contributed by atoms with Crippen molar-refractivity contribution in [2.24, 2.45) is 0 Å². The van der Waals surface area contributed by atoms with E-state index in [1.807, 2.05) is 30.3 Å². The average Bonchev–Trinajstić information content (AvgIpc) is 2.05. The molecular weight excluding hydrogens is 219 g/mol. The van der Waals surface area contributed by atoms with Gasteiger partial charge in [0.05, 0.1) is 5.00 Å². The Morgan fingerprint density at radius 3 is 2.09 bits per heavy atom. The molecule has 0 N–H and O–H groups in total. The van der Waals surface area contributed by atoms with Crippen LogP contribution in [-0.4, -0.2) is 7.42 Å². The highest BCUT2D eigenvalue weighted by Gasteiger charge is 2.18. The Balaban J connectivity index is 2.77. The van der Waals surface area contributed by atoms with E-state index < -0.39 is 7.42 Å². The van der Waals surface area contributed by atoms with Crippen LogP contribution in [-0.2, 0) is 0 Å². The van der Waals surface area contributed by atoms with Crippen molar-refractivity contribution in [3.8, 4) is 0 Å². The van der Waals surface area contributed by atoms with Gasteiger partial charge >= 0.3 is 0 Å². The van der Waals surface area contributed by atoms with Crippen LogP contribution >= 0.6 is 33.8 Å². The van der Waals surface area contributed by atoms with Crippen LogP contribution in [0.3, 0.4) is 0 Å². The Labute approximate surface area is 82.1 Å². The first kappa shape index (κ1) is 9.40. The molecule has 0 bridgehead atoms. The summed E-state index contributed by atoms with van der Waals surface area (Å²) in [5, 5.41) is -0.218. The van der Waals surface area contributed by atoms with Crippen LogP contribution in [0.25, 0.3) is 0 Å². The molecule has 0 saturated heterocycles. The Hall–Kier alpha value is 0.307. The minimum absolute atomic E-state index is 0.218. The molecule has 1 radical (unpaired) electrons. The maximum absolute atomic E-state index is 5.92. The highest BCUT2D eigenvalue weighted by atomic mass is 35.7. The molecule has 1 aromatic rings. The smallest absolute Gasteiger partial charge is 0.145 e. The second-order valence-corrected chi connectivity index (χ2v) is 7.05. The van der Waals surface area contributed by atoms with Gasteiger partial charge in [0.25, 0.3) is 7.42 Å². The van der Waals surface area contributed by atoms with Gasteiger partial charge in [-0.1, -0.05) is 30.3 Å². The summed E-state index contributed by atoms with van der Waals surface area (Å²) in [4.78, 5) is 0. The molecule has 4 heteroatoms. The number of benzene rings is 1. The van der Waals surface area contributed by atoms with Gasteiger partial charge in [-0.2, -0.15) is 0 Å². The topological polar surface area (TPSA) is 0 Å². The van der Waals surface area contributed by atoms with Gasteiger partial charge in [0.15, 0.2) is 0 Å². The van der Waals surface area contributed by atoms with E-state index in [9.17, 15) is 0 Å². The third kappa shape index (κ3) is 2.67. The van der Waals surface area contributed by atoms with E-state index >= 15 is 0 Å². The lowest BCUT2D eigenvalue weighted by Crippen LogP contribution is -2.04. The maximum Gasteiger partial charge on any atom is 0.296 e. The largest absolute Gasteiger partial charge is 0.296 e. The number of rotatable bonds is 2. The van der Waals surface area contributed by atoms with Crippen molar-refractivity contribution in [3.63, 3.8) is 0 Å². The van der Waals surface area contributed by atoms with Gasteiger partial charge in [0.2, 0.25) is 0 Å². The molecule has 1 aromatic carbocycles. The molecular formula is C7H6Cl3Si. The SMILES string of the molecule is ClC(c1ccccc1)[Si](Cl)Cl. The highest BCUT2D eigenvalue weighted by molar-refractivity contribution is 7.35. The first-order valence-electron chi connectivity index (χ1n) is 3.08. The molecule has 0 nitrogen and oxygen atoms in total. The van der Waals surface area contributed by atoms with Gasteiger partial charge in [-0.25, -0.2) is 0 Å². The number of halogens is 3. The Morgan fingerprint density at radius 2 is 1.64 bits per heavy atom. The fourth-order valence-corrected chi connectivity index (χ4v) is 2.09. The molecule has 0 amide bonds. The van der Waals surface area contributed by atoms with Gasteiger partial charge in [-0.05, 0) is 5.56 Å². The second-order valence-electron chi connectivity index (χ2n) is 2.06. The van der Waals surface area contributed by atoms with E-state index in [1.165, 1.54) is 0 Å². The molecule has 1 unspecified atom stereocenters. The van der Waals surface area contributed by atoms with Crippen LogP contribution in [0.15, 0.2) is 30.3 Å². The molecule has 0 aliphatic heterocycles. The van der Waals surface area contributed by atoms with E-state index in [4.69, 9.17) is 33.8 Å². The Bertz CT molecular complexity index is 212. The van der Waals surface area contributed by atoms with Gasteiger partial charge < -0.3 is 0 Å². The van der Waals surface area contributed by atoms with Crippen LogP contribution in [0.4, 0.5) is 0 Å². The zero-order valence-electron chi connectivity index (χ0n) is 5.60. The third-order valence-corrected chi connectivity index (χ3v) is 4.89. The summed E-state index contributed by atoms with van der Waals surface area (Å²) >= 11 is 17.3. The first-order valence-corrected chi connectivity index (χ1v) is 7.12. The van der Waals surface area contributed by atoms with Crippen molar-refractivity contribution in [2.45, 2.75) is 5.00 Å². The lowest BCUT2D eigenvalue weighted by Gasteiger charge is -2.06. The van der Waals surface area contributed by atoms with E-state index in [2.05, 4.69) is 0 Å². The van der Waals surface area contributed by atoms with Crippen molar-refractivity contribution in [1.29, 1.82) is 0 Å². The minimum atomic E-state index is -1.45. The number of alkyl halides is 1. The van der Waals surface area contributed by atoms with Gasteiger partial charge in [0.1, 0.15) is 0 Å². The van der Waals surface area contributed by atoms with E-state index in [0.29, 0.717) is 0 Å². The Morgan fingerprint density at radius 1 is 1.09 bits per heavy atom. The monoisotopic (exact) mass is 223 g/mol. The molecule has 0 heterocycles. The van der Waals surface area contributed by atoms with E-state index in [1.54, 1.807) is 0 Å². The quantitative estimate of drug-likeness (QED) is 0.410. The van der Waals surface area contributed by atoms with E-state index in [0.717, 1.165) is 5.56 Å². The fourth-order valence-electron chi connectivity index (χ4n) is 0.748. The molecule has 0 spiro atoms. The van der Waals surface area contributed by atoms with Crippen LogP contribution in [0.1, 0.15) is 10.6 Å². The molecule has 11 heavy (non-hydrogen) atoms. The minimum Gasteiger partial charge on any atom is -0.145 e. The zero-order chi connectivity index (χ0) is 8.27. The predicted molar refractivity (Wildman–Crippen MR) is 52.5 cm³/mol. The second kappa shape index (κ2) is 4.36. The van der Waals surface area contributed by atoms with Crippen LogP contribution in [0.5, 0.6) is 0 Å². The predicted octanol–water partition coefficient (Wildman–Crippen LogP) is 3.47. The molecule has 1 rings (SSSR count). The summed E-state index contributed by atoms with van der Waals surface area (Å²) in [6, 6.07) is 9.62. The molecule has 0 saturated carbocycles. The number of hydrogen-bond acceptors (Lipinski definition) is 0. The molecule has 1 atom stereocenters. The summed E-state index contributed by atoms with van der Waals surface area (Å²) in [5.41, 5.74) is 0.994. The first-order chi connectivity index (χ1) is 5.22. The summed E-state index contributed by atoms with van der Waals surface area (Å²) in [6.07, 6.45) is 0. The standard InChI is InChI=1S/C7H6Cl3Si/c8-7(11(9)10)6-4-2-1-3-5-6/h1-5,7H. The van der Waals surface area contributed by atoms with Crippen LogP contribution < -0.4 is 0 Å². The van der Waals surface area contributed by atoms with Gasteiger partial charge in [-0.15, -0.1) is 33.8 Å². The zero-order valence-corrected chi connectivity index (χ0v) is 8.87. The van der Waals surface area contributed by atoms with Crippen molar-refractivity contribution < 1.29 is 0 Å². The average molecular weight is 225 g/mol. The molecule has 0 aromatic heterocycles. The van der Waals surface area contributed by atoms with E-state index in [-0.39, 0.29) is 5.00 Å². The summed E-state index contributed by atoms with van der Waals surface area (Å²) in [5.74, 6) is 0. The van der Waals surface area contributed by atoms with Crippen molar-refractivity contribution in [1.82, 2.24) is 0 Å². The van der Waals surface area contributed by atoms with Crippen molar-refractivity contribution in [3.05, 3.63) is 35.9 Å². The van der Waals surface area contributed by atoms with Crippen molar-refractivity contribution in [2.75, 3.05) is 0 Å². The normalized spacial score (nSPS) is 13.5. The molecule has 0 fully saturated rings. The highest BCUT2D eigenvalue weighted by Crippen LogP contribution is 2.26. The lowest BCUT2D eigenvalue weighted by atomic mass is 10.2.